The Bertz CT molecular complexity index is 760. The molecule has 3 rings (SSSR count). The van der Waals surface area contributed by atoms with Crippen molar-refractivity contribution in [2.45, 2.75) is 70.5 Å². The van der Waals surface area contributed by atoms with Gasteiger partial charge in [0.25, 0.3) is 0 Å². The molecule has 1 heterocycles. The molecular formula is C21H33N3OS. The normalized spacial score (nSPS) is 17.2. The molecule has 0 amide bonds. The number of thiazole rings is 1. The van der Waals surface area contributed by atoms with Gasteiger partial charge in [0.15, 0.2) is 0 Å². The highest BCUT2D eigenvalue weighted by molar-refractivity contribution is 7.16. The highest BCUT2D eigenvalue weighted by Gasteiger charge is 2.17. The first-order valence-corrected chi connectivity index (χ1v) is 10.9. The number of benzene rings is 1. The molecule has 1 aromatic heterocycles. The van der Waals surface area contributed by atoms with E-state index in [4.69, 9.17) is 0 Å². The van der Waals surface area contributed by atoms with Gasteiger partial charge in [0.2, 0.25) is 0 Å². The van der Waals surface area contributed by atoms with Crippen LogP contribution in [-0.2, 0) is 13.5 Å². The minimum atomic E-state index is 0.123. The zero-order chi connectivity index (χ0) is 18.5. The lowest BCUT2D eigenvalue weighted by Gasteiger charge is -2.32. The van der Waals surface area contributed by atoms with Crippen molar-refractivity contribution in [3.05, 3.63) is 33.4 Å². The van der Waals surface area contributed by atoms with E-state index in [-0.39, 0.29) is 4.87 Å². The third-order valence-corrected chi connectivity index (χ3v) is 6.82. The van der Waals surface area contributed by atoms with Gasteiger partial charge in [0.05, 0.1) is 16.4 Å². The minimum absolute atomic E-state index is 0.123. The molecule has 1 aliphatic carbocycles. The smallest absolute Gasteiger partial charge is 0.302 e. The first kappa shape index (κ1) is 19.6. The molecule has 1 fully saturated rings. The van der Waals surface area contributed by atoms with E-state index < -0.39 is 0 Å². The van der Waals surface area contributed by atoms with E-state index in [1.165, 1.54) is 61.8 Å². The molecule has 1 N–H and O–H groups in total. The maximum Gasteiger partial charge on any atom is 0.307 e. The summed E-state index contributed by atoms with van der Waals surface area (Å²) in [6.45, 7) is 3.42. The molecule has 1 atom stereocenters. The molecule has 26 heavy (non-hydrogen) atoms. The summed E-state index contributed by atoms with van der Waals surface area (Å²) in [6.07, 6.45) is 10.8. The predicted molar refractivity (Wildman–Crippen MR) is 112 cm³/mol. The fraction of sp³-hybridized carbons (Fsp3) is 0.667. The van der Waals surface area contributed by atoms with Crippen molar-refractivity contribution in [3.63, 3.8) is 0 Å². The number of fused-ring (bicyclic) bond motifs is 1. The quantitative estimate of drug-likeness (QED) is 0.557. The van der Waals surface area contributed by atoms with Crippen molar-refractivity contribution in [1.82, 2.24) is 14.8 Å². The van der Waals surface area contributed by atoms with Gasteiger partial charge in [-0.3, -0.25) is 15.0 Å². The van der Waals surface area contributed by atoms with Gasteiger partial charge in [0.1, 0.15) is 0 Å². The predicted octanol–water partition coefficient (Wildman–Crippen LogP) is 4.12. The summed E-state index contributed by atoms with van der Waals surface area (Å²) in [5, 5.41) is 3.80. The summed E-state index contributed by atoms with van der Waals surface area (Å²) in [7, 11) is 4.08. The fourth-order valence-electron chi connectivity index (χ4n) is 3.96. The molecule has 4 nitrogen and oxygen atoms in total. The minimum Gasteiger partial charge on any atom is -0.302 e. The Morgan fingerprint density at radius 1 is 1.27 bits per heavy atom. The molecule has 1 aliphatic rings. The Kier molecular flexibility index (Phi) is 6.90. The Morgan fingerprint density at radius 2 is 2.04 bits per heavy atom. The summed E-state index contributed by atoms with van der Waals surface area (Å²) in [4.78, 5) is 14.3. The number of nitrogens with zero attached hydrogens (tertiary/aromatic N) is 2. The molecule has 1 aromatic carbocycles. The third-order valence-electron chi connectivity index (χ3n) is 5.83. The van der Waals surface area contributed by atoms with Crippen LogP contribution in [0.5, 0.6) is 0 Å². The largest absolute Gasteiger partial charge is 0.307 e. The van der Waals surface area contributed by atoms with E-state index in [1.807, 2.05) is 7.05 Å². The number of aromatic nitrogens is 1. The SMILES string of the molecule is CC(NC1CCCCC1)N(C)CCCCc1ccc2c(c1)sc(=O)n2C. The number of aryl methyl sites for hydroxylation is 2. The third kappa shape index (κ3) is 4.96. The van der Waals surface area contributed by atoms with Crippen LogP contribution in [-0.4, -0.2) is 35.3 Å². The lowest BCUT2D eigenvalue weighted by atomic mass is 9.95. The van der Waals surface area contributed by atoms with Crippen molar-refractivity contribution in [3.8, 4) is 0 Å². The van der Waals surface area contributed by atoms with Gasteiger partial charge in [-0.1, -0.05) is 36.7 Å². The van der Waals surface area contributed by atoms with Crippen molar-refractivity contribution in [1.29, 1.82) is 0 Å². The van der Waals surface area contributed by atoms with Crippen LogP contribution in [0.15, 0.2) is 23.0 Å². The highest BCUT2D eigenvalue weighted by Crippen LogP contribution is 2.20. The summed E-state index contributed by atoms with van der Waals surface area (Å²) >= 11 is 1.35. The maximum absolute atomic E-state index is 11.8. The van der Waals surface area contributed by atoms with Crippen molar-refractivity contribution in [2.75, 3.05) is 13.6 Å². The molecule has 0 bridgehead atoms. The molecule has 0 spiro atoms. The molecule has 0 radical (unpaired) electrons. The zero-order valence-electron chi connectivity index (χ0n) is 16.5. The van der Waals surface area contributed by atoms with E-state index in [0.717, 1.165) is 23.2 Å². The molecular weight excluding hydrogens is 342 g/mol. The van der Waals surface area contributed by atoms with Gasteiger partial charge in [-0.05, 0) is 70.3 Å². The molecule has 1 unspecified atom stereocenters. The monoisotopic (exact) mass is 375 g/mol. The van der Waals surface area contributed by atoms with Crippen LogP contribution in [0.2, 0.25) is 0 Å². The average molecular weight is 376 g/mol. The zero-order valence-corrected chi connectivity index (χ0v) is 17.3. The van der Waals surface area contributed by atoms with Crippen LogP contribution in [0.4, 0.5) is 0 Å². The second kappa shape index (κ2) is 9.16. The van der Waals surface area contributed by atoms with E-state index in [9.17, 15) is 4.79 Å². The topological polar surface area (TPSA) is 37.3 Å². The summed E-state index contributed by atoms with van der Waals surface area (Å²) in [5.41, 5.74) is 2.39. The van der Waals surface area contributed by atoms with E-state index >= 15 is 0 Å². The average Bonchev–Trinajstić information content (AvgIpc) is 2.93. The van der Waals surface area contributed by atoms with Gasteiger partial charge in [0, 0.05) is 13.1 Å². The number of unbranched alkanes of at least 4 members (excludes halogenated alkanes) is 1. The Labute approximate surface area is 161 Å². The number of rotatable bonds is 8. The van der Waals surface area contributed by atoms with Crippen LogP contribution in [0.1, 0.15) is 57.4 Å². The number of nitrogens with one attached hydrogen (secondary N) is 1. The molecule has 0 aliphatic heterocycles. The standard InChI is InChI=1S/C21H33N3OS/c1-16(22-18-10-5-4-6-11-18)23(2)14-8-7-9-17-12-13-19-20(15-17)26-21(25)24(19)3/h12-13,15-16,18,22H,4-11,14H2,1-3H3. The summed E-state index contributed by atoms with van der Waals surface area (Å²) in [5.74, 6) is 0. The van der Waals surface area contributed by atoms with Crippen LogP contribution < -0.4 is 10.2 Å². The maximum atomic E-state index is 11.8. The number of hydrogen-bond donors (Lipinski definition) is 1. The molecule has 0 saturated heterocycles. The Balaban J connectivity index is 1.41. The summed E-state index contributed by atoms with van der Waals surface area (Å²) < 4.78 is 2.84. The van der Waals surface area contributed by atoms with Gasteiger partial charge in [-0.15, -0.1) is 0 Å². The van der Waals surface area contributed by atoms with Crippen LogP contribution in [0.3, 0.4) is 0 Å². The second-order valence-corrected chi connectivity index (χ2v) is 8.84. The van der Waals surface area contributed by atoms with Crippen LogP contribution >= 0.6 is 11.3 Å². The summed E-state index contributed by atoms with van der Waals surface area (Å²) in [6, 6.07) is 7.17. The van der Waals surface area contributed by atoms with Crippen molar-refractivity contribution >= 4 is 21.6 Å². The van der Waals surface area contributed by atoms with Gasteiger partial charge in [-0.2, -0.15) is 0 Å². The van der Waals surface area contributed by atoms with Crippen molar-refractivity contribution in [2.24, 2.45) is 7.05 Å². The first-order valence-electron chi connectivity index (χ1n) is 10.1. The van der Waals surface area contributed by atoms with Gasteiger partial charge in [-0.25, -0.2) is 0 Å². The van der Waals surface area contributed by atoms with Gasteiger partial charge >= 0.3 is 4.87 Å². The Hall–Kier alpha value is -1.17. The fourth-order valence-corrected chi connectivity index (χ4v) is 4.90. The van der Waals surface area contributed by atoms with Crippen LogP contribution in [0, 0.1) is 0 Å². The first-order chi connectivity index (χ1) is 12.5. The molecule has 144 valence electrons. The van der Waals surface area contributed by atoms with E-state index in [1.54, 1.807) is 4.57 Å². The van der Waals surface area contributed by atoms with Gasteiger partial charge < -0.3 is 4.57 Å². The number of hydrogen-bond acceptors (Lipinski definition) is 4. The van der Waals surface area contributed by atoms with E-state index in [0.29, 0.717) is 12.2 Å². The van der Waals surface area contributed by atoms with E-state index in [2.05, 4.69) is 42.4 Å². The lowest BCUT2D eigenvalue weighted by Crippen LogP contribution is -2.47. The molecule has 5 heteroatoms. The highest BCUT2D eigenvalue weighted by atomic mass is 32.1. The Morgan fingerprint density at radius 3 is 2.81 bits per heavy atom. The second-order valence-electron chi connectivity index (χ2n) is 7.84. The lowest BCUT2D eigenvalue weighted by molar-refractivity contribution is 0.185. The molecule has 1 saturated carbocycles. The van der Waals surface area contributed by atoms with Crippen molar-refractivity contribution < 1.29 is 0 Å². The van der Waals surface area contributed by atoms with Crippen LogP contribution in [0.25, 0.3) is 10.2 Å². The molecule has 2 aromatic rings.